The second-order valence-electron chi connectivity index (χ2n) is 4.85. The molecule has 3 aromatic heterocycles. The first-order valence-electron chi connectivity index (χ1n) is 6.39. The van der Waals surface area contributed by atoms with Gasteiger partial charge in [0.2, 0.25) is 5.65 Å². The Morgan fingerprint density at radius 1 is 1.45 bits per heavy atom. The van der Waals surface area contributed by atoms with Crippen LogP contribution in [0.25, 0.3) is 5.65 Å². The maximum absolute atomic E-state index is 10.9. The van der Waals surface area contributed by atoms with E-state index < -0.39 is 4.92 Å². The van der Waals surface area contributed by atoms with Crippen molar-refractivity contribution in [2.45, 2.75) is 16.7 Å². The molecule has 22 heavy (non-hydrogen) atoms. The van der Waals surface area contributed by atoms with Gasteiger partial charge in [-0.05, 0) is 36.8 Å². The number of hydrogen-bond donors (Lipinski definition) is 1. The molecule has 3 heterocycles. The number of nitrogens with zero attached hydrogens (tertiary/aromatic N) is 6. The molecule has 0 amide bonds. The highest BCUT2D eigenvalue weighted by atomic mass is 32.2. The van der Waals surface area contributed by atoms with E-state index in [2.05, 4.69) is 20.1 Å². The molecule has 3 aromatic rings. The molecule has 0 fully saturated rings. The summed E-state index contributed by atoms with van der Waals surface area (Å²) in [4.78, 5) is 23.9. The zero-order valence-electron chi connectivity index (χ0n) is 11.9. The molecule has 0 atom stereocenters. The van der Waals surface area contributed by atoms with E-state index >= 15 is 0 Å². The molecular formula is C12H13N7O2S. The van der Waals surface area contributed by atoms with Crippen LogP contribution in [0.5, 0.6) is 0 Å². The van der Waals surface area contributed by atoms with Gasteiger partial charge < -0.3 is 20.0 Å². The number of nitrogens with one attached hydrogen (secondary N) is 1. The second-order valence-corrected chi connectivity index (χ2v) is 5.86. The molecule has 0 aromatic carbocycles. The van der Waals surface area contributed by atoms with Crippen LogP contribution in [0, 0.1) is 10.1 Å². The summed E-state index contributed by atoms with van der Waals surface area (Å²) >= 11 is 1.31. The number of fused-ring (bicyclic) bond motifs is 1. The van der Waals surface area contributed by atoms with Crippen molar-refractivity contribution in [3.05, 3.63) is 40.3 Å². The van der Waals surface area contributed by atoms with Crippen molar-refractivity contribution in [1.82, 2.24) is 29.5 Å². The molecule has 0 unspecified atom stereocenters. The Morgan fingerprint density at radius 3 is 3.00 bits per heavy atom. The van der Waals surface area contributed by atoms with E-state index in [1.165, 1.54) is 22.5 Å². The molecule has 3 rings (SSSR count). The van der Waals surface area contributed by atoms with E-state index in [1.807, 2.05) is 25.2 Å². The molecule has 0 aliphatic heterocycles. The van der Waals surface area contributed by atoms with E-state index in [0.29, 0.717) is 15.8 Å². The smallest absolute Gasteiger partial charge is 0.358 e. The van der Waals surface area contributed by atoms with Gasteiger partial charge in [0.05, 0.1) is 5.69 Å². The minimum Gasteiger partial charge on any atom is -0.358 e. The summed E-state index contributed by atoms with van der Waals surface area (Å²) in [7, 11) is 3.93. The van der Waals surface area contributed by atoms with Gasteiger partial charge in [0.1, 0.15) is 11.2 Å². The topological polar surface area (TPSA) is 105 Å². The highest BCUT2D eigenvalue weighted by Gasteiger charge is 2.16. The Balaban J connectivity index is 1.85. The predicted molar refractivity (Wildman–Crippen MR) is 79.7 cm³/mol. The molecule has 0 saturated heterocycles. The summed E-state index contributed by atoms with van der Waals surface area (Å²) in [6.07, 6.45) is 3.03. The Hall–Kier alpha value is -2.46. The maximum atomic E-state index is 10.9. The average Bonchev–Trinajstić information content (AvgIpc) is 3.04. The zero-order valence-corrected chi connectivity index (χ0v) is 12.7. The molecule has 9 nitrogen and oxygen atoms in total. The number of nitro groups is 1. The maximum Gasteiger partial charge on any atom is 0.368 e. The van der Waals surface area contributed by atoms with Crippen molar-refractivity contribution >= 4 is 23.2 Å². The fourth-order valence-electron chi connectivity index (χ4n) is 1.92. The molecule has 10 heteroatoms. The molecular weight excluding hydrogens is 306 g/mol. The number of imidazole rings is 2. The van der Waals surface area contributed by atoms with Gasteiger partial charge in [-0.2, -0.15) is 0 Å². The highest BCUT2D eigenvalue weighted by molar-refractivity contribution is 7.99. The summed E-state index contributed by atoms with van der Waals surface area (Å²) in [6, 6.07) is 3.44. The fraction of sp³-hybridized carbons (Fsp3) is 0.250. The second kappa shape index (κ2) is 5.73. The third-order valence-electron chi connectivity index (χ3n) is 2.79. The van der Waals surface area contributed by atoms with Crippen molar-refractivity contribution < 1.29 is 4.92 Å². The Kier molecular flexibility index (Phi) is 3.77. The number of aromatic amines is 1. The lowest BCUT2D eigenvalue weighted by Gasteiger charge is -2.05. The molecule has 114 valence electrons. The van der Waals surface area contributed by atoms with E-state index in [-0.39, 0.29) is 5.82 Å². The first-order valence-corrected chi connectivity index (χ1v) is 7.20. The number of H-pyrrole nitrogens is 1. The number of rotatable bonds is 5. The third-order valence-corrected chi connectivity index (χ3v) is 3.62. The largest absolute Gasteiger partial charge is 0.368 e. The molecule has 0 saturated carbocycles. The number of hydrogen-bond acceptors (Lipinski definition) is 7. The molecule has 0 bridgehead atoms. The van der Waals surface area contributed by atoms with Gasteiger partial charge in [0.25, 0.3) is 0 Å². The van der Waals surface area contributed by atoms with Crippen LogP contribution in [0.15, 0.2) is 34.7 Å². The van der Waals surface area contributed by atoms with Gasteiger partial charge in [0.15, 0.2) is 5.16 Å². The standard InChI is InChI=1S/C12H13N7O2S/c1-17(2)7-8-5-14-12(15-8)22-10-4-3-9-13-6-11(19(20)21)18(9)16-10/h3-6H,7H2,1-2H3,(H,14,15). The summed E-state index contributed by atoms with van der Waals surface area (Å²) < 4.78 is 1.21. The van der Waals surface area contributed by atoms with Crippen molar-refractivity contribution in [3.8, 4) is 0 Å². The lowest BCUT2D eigenvalue weighted by molar-refractivity contribution is -0.391. The van der Waals surface area contributed by atoms with Gasteiger partial charge in [-0.25, -0.2) is 9.97 Å². The number of aromatic nitrogens is 5. The average molecular weight is 319 g/mol. The van der Waals surface area contributed by atoms with Crippen LogP contribution in [-0.4, -0.2) is 48.5 Å². The van der Waals surface area contributed by atoms with E-state index in [0.717, 1.165) is 12.2 Å². The van der Waals surface area contributed by atoms with Crippen LogP contribution >= 0.6 is 11.8 Å². The van der Waals surface area contributed by atoms with Crippen LogP contribution in [-0.2, 0) is 6.54 Å². The van der Waals surface area contributed by atoms with E-state index in [9.17, 15) is 10.1 Å². The van der Waals surface area contributed by atoms with Crippen molar-refractivity contribution in [3.63, 3.8) is 0 Å². The molecule has 1 N–H and O–H groups in total. The SMILES string of the molecule is CN(C)Cc1c[nH]c(Sc2ccc3ncc([N+](=O)[O-])n3n2)n1. The van der Waals surface area contributed by atoms with Crippen LogP contribution in [0.4, 0.5) is 5.82 Å². The van der Waals surface area contributed by atoms with Crippen molar-refractivity contribution in [2.75, 3.05) is 14.1 Å². The lowest BCUT2D eigenvalue weighted by Crippen LogP contribution is -2.10. The van der Waals surface area contributed by atoms with Gasteiger partial charge in [-0.3, -0.25) is 0 Å². The molecule has 0 aliphatic carbocycles. The monoisotopic (exact) mass is 319 g/mol. The van der Waals surface area contributed by atoms with Gasteiger partial charge in [0, 0.05) is 18.8 Å². The predicted octanol–water partition coefficient (Wildman–Crippen LogP) is 1.57. The van der Waals surface area contributed by atoms with Gasteiger partial charge in [-0.1, -0.05) is 9.61 Å². The minimum absolute atomic E-state index is 0.162. The van der Waals surface area contributed by atoms with Crippen LogP contribution in [0.1, 0.15) is 5.69 Å². The van der Waals surface area contributed by atoms with Crippen molar-refractivity contribution in [1.29, 1.82) is 0 Å². The normalized spacial score (nSPS) is 11.4. The van der Waals surface area contributed by atoms with Crippen LogP contribution < -0.4 is 0 Å². The van der Waals surface area contributed by atoms with Crippen LogP contribution in [0.2, 0.25) is 0 Å². The lowest BCUT2D eigenvalue weighted by atomic mass is 10.4. The Labute approximate surface area is 129 Å². The summed E-state index contributed by atoms with van der Waals surface area (Å²) in [5.41, 5.74) is 1.35. The quantitative estimate of drug-likeness (QED) is 0.562. The fourth-order valence-corrected chi connectivity index (χ4v) is 2.66. The summed E-state index contributed by atoms with van der Waals surface area (Å²) in [6.45, 7) is 0.733. The summed E-state index contributed by atoms with van der Waals surface area (Å²) in [5, 5.41) is 16.4. The van der Waals surface area contributed by atoms with Crippen LogP contribution in [0.3, 0.4) is 0 Å². The van der Waals surface area contributed by atoms with Gasteiger partial charge in [-0.15, -0.1) is 0 Å². The third kappa shape index (κ3) is 2.92. The molecule has 0 radical (unpaired) electrons. The Bertz CT molecular complexity index is 826. The first-order chi connectivity index (χ1) is 10.5. The van der Waals surface area contributed by atoms with Gasteiger partial charge >= 0.3 is 5.82 Å². The molecule has 0 spiro atoms. The molecule has 0 aliphatic rings. The summed E-state index contributed by atoms with van der Waals surface area (Å²) in [5.74, 6) is -0.162. The zero-order chi connectivity index (χ0) is 15.7. The van der Waals surface area contributed by atoms with Crippen molar-refractivity contribution in [2.24, 2.45) is 0 Å². The van der Waals surface area contributed by atoms with E-state index in [1.54, 1.807) is 12.1 Å². The Morgan fingerprint density at radius 2 is 2.27 bits per heavy atom. The minimum atomic E-state index is -0.510. The first kappa shape index (κ1) is 14.5. The van der Waals surface area contributed by atoms with E-state index in [4.69, 9.17) is 0 Å². The highest BCUT2D eigenvalue weighted by Crippen LogP contribution is 2.24.